The molecule has 236 valence electrons. The van der Waals surface area contributed by atoms with Crippen molar-refractivity contribution in [2.45, 2.75) is 43.8 Å². The molecule has 0 unspecified atom stereocenters. The molecule has 4 aromatic carbocycles. The van der Waals surface area contributed by atoms with Gasteiger partial charge in [-0.15, -0.1) is 0 Å². The summed E-state index contributed by atoms with van der Waals surface area (Å²) in [5.41, 5.74) is 1.49. The fourth-order valence-corrected chi connectivity index (χ4v) is 6.96. The Balaban J connectivity index is 1.84. The summed E-state index contributed by atoms with van der Waals surface area (Å²) < 4.78 is 29.1. The van der Waals surface area contributed by atoms with Gasteiger partial charge in [-0.25, -0.2) is 8.42 Å². The molecule has 0 heterocycles. The molecule has 0 spiro atoms. The van der Waals surface area contributed by atoms with Crippen LogP contribution in [-0.2, 0) is 32.6 Å². The fourth-order valence-electron chi connectivity index (χ4n) is 4.70. The Labute approximate surface area is 283 Å². The molecule has 0 aliphatic rings. The molecule has 2 amide bonds. The van der Waals surface area contributed by atoms with Crippen LogP contribution in [0.4, 0.5) is 5.69 Å². The predicted molar refractivity (Wildman–Crippen MR) is 182 cm³/mol. The first kappa shape index (κ1) is 34.6. The molecule has 0 aromatic heterocycles. The molecular formula is C33H31Cl4N3O4S. The molecule has 0 bridgehead atoms. The van der Waals surface area contributed by atoms with Crippen LogP contribution in [0.5, 0.6) is 0 Å². The van der Waals surface area contributed by atoms with Gasteiger partial charge in [0.25, 0.3) is 10.0 Å². The van der Waals surface area contributed by atoms with Gasteiger partial charge in [0.15, 0.2) is 0 Å². The van der Waals surface area contributed by atoms with Crippen molar-refractivity contribution >= 4 is 73.9 Å². The number of hydrogen-bond acceptors (Lipinski definition) is 4. The Kier molecular flexibility index (Phi) is 11.8. The van der Waals surface area contributed by atoms with Crippen molar-refractivity contribution in [3.8, 4) is 0 Å². The molecule has 0 saturated heterocycles. The van der Waals surface area contributed by atoms with Crippen LogP contribution in [0, 0.1) is 0 Å². The van der Waals surface area contributed by atoms with E-state index in [1.54, 1.807) is 36.4 Å². The third kappa shape index (κ3) is 9.15. The van der Waals surface area contributed by atoms with E-state index >= 15 is 0 Å². The summed E-state index contributed by atoms with van der Waals surface area (Å²) in [6, 6.07) is 24.9. The van der Waals surface area contributed by atoms with E-state index in [1.807, 2.05) is 44.2 Å². The van der Waals surface area contributed by atoms with Crippen LogP contribution in [0.1, 0.15) is 25.0 Å². The van der Waals surface area contributed by atoms with Crippen molar-refractivity contribution in [3.63, 3.8) is 0 Å². The Morgan fingerprint density at radius 2 is 1.36 bits per heavy atom. The molecule has 1 N–H and O–H groups in total. The standard InChI is InChI=1S/C33H31Cl4N3O4S/c1-22(2)38-33(42)31(16-23-9-5-3-6-10-23)39(20-24-13-14-29(36)30(37)15-24)32(41)21-40(27-18-25(34)17-26(35)19-27)45(43,44)28-11-7-4-8-12-28/h3-15,17-19,22,31H,16,20-21H2,1-2H3,(H,38,42)/t31-/m1/s1. The lowest BCUT2D eigenvalue weighted by atomic mass is 10.0. The average Bonchev–Trinajstić information content (AvgIpc) is 2.99. The smallest absolute Gasteiger partial charge is 0.264 e. The van der Waals surface area contributed by atoms with Crippen LogP contribution in [-0.4, -0.2) is 43.8 Å². The fraction of sp³-hybridized carbons (Fsp3) is 0.212. The topological polar surface area (TPSA) is 86.8 Å². The van der Waals surface area contributed by atoms with E-state index in [-0.39, 0.29) is 44.7 Å². The van der Waals surface area contributed by atoms with E-state index in [2.05, 4.69) is 5.32 Å². The second-order valence-corrected chi connectivity index (χ2v) is 14.1. The van der Waals surface area contributed by atoms with Gasteiger partial charge in [-0.05, 0) is 67.4 Å². The van der Waals surface area contributed by atoms with Crippen LogP contribution in [0.25, 0.3) is 0 Å². The van der Waals surface area contributed by atoms with Gasteiger partial charge in [0.1, 0.15) is 12.6 Å². The van der Waals surface area contributed by atoms with Gasteiger partial charge in [-0.2, -0.15) is 0 Å². The van der Waals surface area contributed by atoms with Gasteiger partial charge in [0.2, 0.25) is 11.8 Å². The molecule has 4 rings (SSSR count). The van der Waals surface area contributed by atoms with Gasteiger partial charge in [-0.1, -0.05) is 101 Å². The minimum Gasteiger partial charge on any atom is -0.352 e. The number of benzene rings is 4. The zero-order valence-corrected chi connectivity index (χ0v) is 28.3. The summed E-state index contributed by atoms with van der Waals surface area (Å²) in [6.07, 6.45) is 0.168. The monoisotopic (exact) mass is 705 g/mol. The molecule has 0 radical (unpaired) electrons. The summed E-state index contributed by atoms with van der Waals surface area (Å²) in [6.45, 7) is 2.92. The highest BCUT2D eigenvalue weighted by atomic mass is 35.5. The van der Waals surface area contributed by atoms with Crippen molar-refractivity contribution in [3.05, 3.63) is 128 Å². The second kappa shape index (κ2) is 15.3. The molecule has 1 atom stereocenters. The highest BCUT2D eigenvalue weighted by Gasteiger charge is 2.35. The van der Waals surface area contributed by atoms with Crippen molar-refractivity contribution < 1.29 is 18.0 Å². The lowest BCUT2D eigenvalue weighted by molar-refractivity contribution is -0.140. The molecular weight excluding hydrogens is 676 g/mol. The largest absolute Gasteiger partial charge is 0.352 e. The number of nitrogens with one attached hydrogen (secondary N) is 1. The quantitative estimate of drug-likeness (QED) is 0.164. The molecule has 0 aliphatic carbocycles. The third-order valence-corrected chi connectivity index (χ3v) is 9.75. The lowest BCUT2D eigenvalue weighted by Crippen LogP contribution is -2.54. The summed E-state index contributed by atoms with van der Waals surface area (Å²) >= 11 is 25.0. The first-order chi connectivity index (χ1) is 21.3. The minimum atomic E-state index is -4.30. The van der Waals surface area contributed by atoms with E-state index in [0.717, 1.165) is 9.87 Å². The molecule has 7 nitrogen and oxygen atoms in total. The van der Waals surface area contributed by atoms with Crippen LogP contribution in [0.15, 0.2) is 102 Å². The Morgan fingerprint density at radius 1 is 0.756 bits per heavy atom. The lowest BCUT2D eigenvalue weighted by Gasteiger charge is -2.34. The van der Waals surface area contributed by atoms with Gasteiger partial charge in [-0.3, -0.25) is 13.9 Å². The average molecular weight is 708 g/mol. The van der Waals surface area contributed by atoms with Crippen LogP contribution >= 0.6 is 46.4 Å². The number of carbonyl (C=O) groups excluding carboxylic acids is 2. The van der Waals surface area contributed by atoms with Gasteiger partial charge in [0, 0.05) is 29.1 Å². The third-order valence-electron chi connectivity index (χ3n) is 6.78. The maximum Gasteiger partial charge on any atom is 0.264 e. The molecule has 12 heteroatoms. The predicted octanol–water partition coefficient (Wildman–Crippen LogP) is 7.66. The Bertz CT molecular complexity index is 1740. The van der Waals surface area contributed by atoms with Gasteiger partial charge >= 0.3 is 0 Å². The van der Waals surface area contributed by atoms with Gasteiger partial charge < -0.3 is 10.2 Å². The van der Waals surface area contributed by atoms with Crippen molar-refractivity contribution in [1.29, 1.82) is 0 Å². The maximum atomic E-state index is 14.5. The second-order valence-electron chi connectivity index (χ2n) is 10.6. The van der Waals surface area contributed by atoms with Crippen LogP contribution < -0.4 is 9.62 Å². The Morgan fingerprint density at radius 3 is 1.93 bits per heavy atom. The number of amides is 2. The number of nitrogens with zero attached hydrogens (tertiary/aromatic N) is 2. The summed E-state index contributed by atoms with van der Waals surface area (Å²) in [4.78, 5) is 29.6. The van der Waals surface area contributed by atoms with Crippen LogP contribution in [0.3, 0.4) is 0 Å². The number of sulfonamides is 1. The molecule has 0 aliphatic heterocycles. The maximum absolute atomic E-state index is 14.5. The summed E-state index contributed by atoms with van der Waals surface area (Å²) in [7, 11) is -4.30. The normalized spacial score (nSPS) is 12.1. The Hall–Kier alpha value is -3.27. The molecule has 4 aromatic rings. The zero-order chi connectivity index (χ0) is 32.7. The van der Waals surface area contributed by atoms with E-state index in [9.17, 15) is 18.0 Å². The number of rotatable bonds is 12. The van der Waals surface area contributed by atoms with E-state index in [4.69, 9.17) is 46.4 Å². The molecule has 45 heavy (non-hydrogen) atoms. The number of anilines is 1. The molecule has 0 saturated carbocycles. The number of hydrogen-bond donors (Lipinski definition) is 1. The zero-order valence-electron chi connectivity index (χ0n) is 24.5. The molecule has 0 fully saturated rings. The first-order valence-corrected chi connectivity index (χ1v) is 16.9. The van der Waals surface area contributed by atoms with E-state index in [0.29, 0.717) is 10.6 Å². The minimum absolute atomic E-state index is 0.0386. The van der Waals surface area contributed by atoms with Crippen molar-refractivity contribution in [2.75, 3.05) is 10.8 Å². The van der Waals surface area contributed by atoms with E-state index < -0.39 is 34.4 Å². The highest BCUT2D eigenvalue weighted by Crippen LogP contribution is 2.31. The van der Waals surface area contributed by atoms with E-state index in [1.165, 1.54) is 35.2 Å². The summed E-state index contributed by atoms with van der Waals surface area (Å²) in [5.74, 6) is -1.04. The summed E-state index contributed by atoms with van der Waals surface area (Å²) in [5, 5.41) is 3.88. The van der Waals surface area contributed by atoms with Crippen LogP contribution in [0.2, 0.25) is 20.1 Å². The first-order valence-electron chi connectivity index (χ1n) is 14.0. The van der Waals surface area contributed by atoms with Gasteiger partial charge in [0.05, 0.1) is 20.6 Å². The number of halogens is 4. The number of carbonyl (C=O) groups is 2. The highest BCUT2D eigenvalue weighted by molar-refractivity contribution is 7.92. The van der Waals surface area contributed by atoms with Crippen molar-refractivity contribution in [1.82, 2.24) is 10.2 Å². The SMILES string of the molecule is CC(C)NC(=O)[C@@H](Cc1ccccc1)N(Cc1ccc(Cl)c(Cl)c1)C(=O)CN(c1cc(Cl)cc(Cl)c1)S(=O)(=O)c1ccccc1. The van der Waals surface area contributed by atoms with Crippen molar-refractivity contribution in [2.24, 2.45) is 0 Å².